The minimum atomic E-state index is -3.66. The van der Waals surface area contributed by atoms with Crippen molar-refractivity contribution in [1.82, 2.24) is 10.0 Å². The van der Waals surface area contributed by atoms with Crippen molar-refractivity contribution in [2.45, 2.75) is 32.4 Å². The number of hydrogen-bond acceptors (Lipinski definition) is 6. The molecule has 0 unspecified atom stereocenters. The zero-order chi connectivity index (χ0) is 25.4. The molecule has 186 valence electrons. The third-order valence-electron chi connectivity index (χ3n) is 5.39. The smallest absolute Gasteiger partial charge is 0.266 e. The summed E-state index contributed by atoms with van der Waals surface area (Å²) in [6, 6.07) is 23.1. The number of aliphatic hydroxyl groups is 1. The Morgan fingerprint density at radius 2 is 1.60 bits per heavy atom. The first kappa shape index (κ1) is 26.4. The van der Waals surface area contributed by atoms with Crippen molar-refractivity contribution in [3.8, 4) is 11.1 Å². The van der Waals surface area contributed by atoms with E-state index in [4.69, 9.17) is 0 Å². The normalized spacial score (nSPS) is 12.4. The van der Waals surface area contributed by atoms with Crippen LogP contribution in [0.2, 0.25) is 0 Å². The molecule has 0 spiro atoms. The van der Waals surface area contributed by atoms with Crippen molar-refractivity contribution in [3.05, 3.63) is 89.5 Å². The molecule has 0 saturated heterocycles. The summed E-state index contributed by atoms with van der Waals surface area (Å²) in [5.41, 5.74) is 4.82. The lowest BCUT2D eigenvalue weighted by Crippen LogP contribution is -2.30. The Morgan fingerprint density at radius 3 is 2.23 bits per heavy atom. The maximum Gasteiger partial charge on any atom is 0.266 e. The number of benzene rings is 3. The fraction of sp³-hybridized carbons (Fsp3) is 0.296. The fourth-order valence-corrected chi connectivity index (χ4v) is 4.15. The van der Waals surface area contributed by atoms with Gasteiger partial charge in [-0.3, -0.25) is 4.79 Å². The van der Waals surface area contributed by atoms with Crippen LogP contribution in [0.5, 0.6) is 0 Å². The lowest BCUT2D eigenvalue weighted by atomic mass is 10.00. The van der Waals surface area contributed by atoms with Crippen LogP contribution in [0.15, 0.2) is 72.8 Å². The number of amides is 1. The second-order valence-electron chi connectivity index (χ2n) is 8.84. The fourth-order valence-electron chi connectivity index (χ4n) is 3.70. The van der Waals surface area contributed by atoms with E-state index in [2.05, 4.69) is 22.8 Å². The van der Waals surface area contributed by atoms with Gasteiger partial charge in [0.25, 0.3) is 5.91 Å². The van der Waals surface area contributed by atoms with E-state index in [1.54, 1.807) is 6.07 Å². The number of hydrogen-bond donors (Lipinski definition) is 4. The first-order valence-corrected chi connectivity index (χ1v) is 13.5. The highest BCUT2D eigenvalue weighted by Gasteiger charge is 2.17. The number of rotatable bonds is 11. The number of nitrogens with one attached hydrogen (secondary N) is 3. The summed E-state index contributed by atoms with van der Waals surface area (Å²) < 4.78 is 25.0. The Balaban J connectivity index is 1.64. The van der Waals surface area contributed by atoms with Crippen LogP contribution in [-0.4, -0.2) is 44.8 Å². The van der Waals surface area contributed by atoms with E-state index in [9.17, 15) is 18.3 Å². The lowest BCUT2D eigenvalue weighted by molar-refractivity contribution is 0.0982. The molecule has 0 aliphatic carbocycles. The molecule has 0 heterocycles. The monoisotopic (exact) mass is 495 g/mol. The molecule has 0 aliphatic rings. The number of aliphatic hydroxyl groups excluding tert-OH is 1. The van der Waals surface area contributed by atoms with E-state index in [1.807, 2.05) is 73.2 Å². The van der Waals surface area contributed by atoms with Gasteiger partial charge in [-0.25, -0.2) is 13.1 Å². The van der Waals surface area contributed by atoms with Crippen molar-refractivity contribution >= 4 is 21.6 Å². The lowest BCUT2D eigenvalue weighted by Gasteiger charge is -2.16. The van der Waals surface area contributed by atoms with Crippen molar-refractivity contribution in [2.75, 3.05) is 24.7 Å². The zero-order valence-electron chi connectivity index (χ0n) is 20.3. The summed E-state index contributed by atoms with van der Waals surface area (Å²) >= 11 is 0. The van der Waals surface area contributed by atoms with Gasteiger partial charge in [-0.2, -0.15) is 0 Å². The van der Waals surface area contributed by atoms with Crippen LogP contribution in [0, 0.1) is 0 Å². The van der Waals surface area contributed by atoms with Crippen molar-refractivity contribution in [2.24, 2.45) is 0 Å². The molecule has 1 atom stereocenters. The Labute approximate surface area is 207 Å². The SMILES string of the molecule is CC(C)Nc1cc(-c2ccc(CCNC[C@H](O)c3ccccc3)cc2)ccc1C(=O)NS(C)(=O)=O. The predicted octanol–water partition coefficient (Wildman–Crippen LogP) is 3.73. The van der Waals surface area contributed by atoms with Gasteiger partial charge < -0.3 is 15.7 Å². The van der Waals surface area contributed by atoms with Crippen LogP contribution in [0.3, 0.4) is 0 Å². The highest BCUT2D eigenvalue weighted by Crippen LogP contribution is 2.27. The molecule has 35 heavy (non-hydrogen) atoms. The van der Waals surface area contributed by atoms with E-state index < -0.39 is 22.0 Å². The predicted molar refractivity (Wildman–Crippen MR) is 141 cm³/mol. The molecule has 0 aliphatic heterocycles. The van der Waals surface area contributed by atoms with Crippen molar-refractivity contribution < 1.29 is 18.3 Å². The molecular formula is C27H33N3O4S. The summed E-state index contributed by atoms with van der Waals surface area (Å²) in [5.74, 6) is -0.664. The van der Waals surface area contributed by atoms with Crippen molar-refractivity contribution in [3.63, 3.8) is 0 Å². The highest BCUT2D eigenvalue weighted by atomic mass is 32.2. The van der Waals surface area contributed by atoms with Gasteiger partial charge in [-0.05, 0) is 61.2 Å². The summed E-state index contributed by atoms with van der Waals surface area (Å²) in [7, 11) is -3.66. The van der Waals surface area contributed by atoms with E-state index in [-0.39, 0.29) is 11.6 Å². The number of anilines is 1. The maximum absolute atomic E-state index is 12.5. The number of carbonyl (C=O) groups excluding carboxylic acids is 1. The van der Waals surface area contributed by atoms with Crippen LogP contribution in [0.1, 0.15) is 41.4 Å². The molecule has 4 N–H and O–H groups in total. The summed E-state index contributed by atoms with van der Waals surface area (Å²) in [6.07, 6.45) is 1.25. The van der Waals surface area contributed by atoms with E-state index in [0.29, 0.717) is 12.2 Å². The topological polar surface area (TPSA) is 108 Å². The van der Waals surface area contributed by atoms with E-state index in [0.717, 1.165) is 35.9 Å². The van der Waals surface area contributed by atoms with Gasteiger partial charge in [0.05, 0.1) is 17.9 Å². The minimum Gasteiger partial charge on any atom is -0.387 e. The van der Waals surface area contributed by atoms with Gasteiger partial charge >= 0.3 is 0 Å². The molecule has 0 aromatic heterocycles. The quantitative estimate of drug-likeness (QED) is 0.302. The van der Waals surface area contributed by atoms with Gasteiger partial charge in [0.15, 0.2) is 0 Å². The average Bonchev–Trinajstić information content (AvgIpc) is 2.81. The molecule has 3 aromatic rings. The largest absolute Gasteiger partial charge is 0.387 e. The molecule has 8 heteroatoms. The van der Waals surface area contributed by atoms with Crippen LogP contribution < -0.4 is 15.4 Å². The summed E-state index contributed by atoms with van der Waals surface area (Å²) in [6.45, 7) is 5.14. The number of carbonyl (C=O) groups is 1. The Kier molecular flexibility index (Phi) is 9.03. The Morgan fingerprint density at radius 1 is 0.943 bits per heavy atom. The Hall–Kier alpha value is -3.20. The van der Waals surface area contributed by atoms with Gasteiger partial charge in [0.2, 0.25) is 10.0 Å². The minimum absolute atomic E-state index is 0.0605. The van der Waals surface area contributed by atoms with Crippen molar-refractivity contribution in [1.29, 1.82) is 0 Å². The standard InChI is InChI=1S/C27H33N3O4S/c1-19(2)29-25-17-23(13-14-24(25)27(32)30-35(3,33)34)21-11-9-20(10-12-21)15-16-28-18-26(31)22-7-5-4-6-8-22/h4-14,17,19,26,28-29,31H,15-16,18H2,1-3H3,(H,30,32)/t26-/m0/s1. The third kappa shape index (κ3) is 8.20. The molecule has 7 nitrogen and oxygen atoms in total. The molecule has 0 bridgehead atoms. The summed E-state index contributed by atoms with van der Waals surface area (Å²) in [5, 5.41) is 16.8. The zero-order valence-corrected chi connectivity index (χ0v) is 21.1. The number of sulfonamides is 1. The molecule has 0 radical (unpaired) electrons. The highest BCUT2D eigenvalue weighted by molar-refractivity contribution is 7.89. The molecule has 0 fully saturated rings. The van der Waals surface area contributed by atoms with E-state index in [1.165, 1.54) is 5.56 Å². The first-order chi connectivity index (χ1) is 16.6. The van der Waals surface area contributed by atoms with Gasteiger partial charge in [0.1, 0.15) is 0 Å². The summed E-state index contributed by atoms with van der Waals surface area (Å²) in [4.78, 5) is 12.5. The molecule has 3 aromatic carbocycles. The van der Waals surface area contributed by atoms with Crippen LogP contribution >= 0.6 is 0 Å². The van der Waals surface area contributed by atoms with Crippen LogP contribution in [-0.2, 0) is 16.4 Å². The van der Waals surface area contributed by atoms with E-state index >= 15 is 0 Å². The first-order valence-electron chi connectivity index (χ1n) is 11.6. The maximum atomic E-state index is 12.5. The second-order valence-corrected chi connectivity index (χ2v) is 10.6. The molecule has 3 rings (SSSR count). The van der Waals surface area contributed by atoms with Gasteiger partial charge in [-0.1, -0.05) is 60.7 Å². The van der Waals surface area contributed by atoms with Gasteiger partial charge in [-0.15, -0.1) is 0 Å². The average molecular weight is 496 g/mol. The molecule has 0 saturated carbocycles. The van der Waals surface area contributed by atoms with Crippen LogP contribution in [0.4, 0.5) is 5.69 Å². The second kappa shape index (κ2) is 12.0. The molecule has 1 amide bonds. The molecular weight excluding hydrogens is 462 g/mol. The third-order valence-corrected chi connectivity index (χ3v) is 5.94. The Bertz CT molecular complexity index is 1230. The van der Waals surface area contributed by atoms with Gasteiger partial charge in [0, 0.05) is 18.3 Å². The van der Waals surface area contributed by atoms with Crippen LogP contribution in [0.25, 0.3) is 11.1 Å².